The number of aromatic nitrogens is 1. The van der Waals surface area contributed by atoms with Crippen LogP contribution in [0.15, 0.2) is 81.4 Å². The summed E-state index contributed by atoms with van der Waals surface area (Å²) in [6, 6.07) is 17.1. The molecule has 1 heterocycles. The van der Waals surface area contributed by atoms with E-state index in [0.29, 0.717) is 30.8 Å². The van der Waals surface area contributed by atoms with Gasteiger partial charge in [-0.15, -0.1) is 0 Å². The van der Waals surface area contributed by atoms with Gasteiger partial charge < -0.3 is 9.47 Å². The Balaban J connectivity index is 2.03. The van der Waals surface area contributed by atoms with Crippen molar-refractivity contribution in [2.45, 2.75) is 44.0 Å². The van der Waals surface area contributed by atoms with Gasteiger partial charge in [-0.25, -0.2) is 12.8 Å². The molecule has 0 radical (unpaired) electrons. The fourth-order valence-corrected chi connectivity index (χ4v) is 5.89. The fourth-order valence-electron chi connectivity index (χ4n) is 4.42. The van der Waals surface area contributed by atoms with Gasteiger partial charge in [0, 0.05) is 25.8 Å². The predicted molar refractivity (Wildman–Crippen MR) is 139 cm³/mol. The van der Waals surface area contributed by atoms with Gasteiger partial charge in [0.25, 0.3) is 0 Å². The van der Waals surface area contributed by atoms with Gasteiger partial charge >= 0.3 is 0 Å². The molecule has 0 amide bonds. The van der Waals surface area contributed by atoms with Gasteiger partial charge in [0.15, 0.2) is 0 Å². The number of halogens is 1. The highest BCUT2D eigenvalue weighted by molar-refractivity contribution is 7.91. The van der Waals surface area contributed by atoms with Crippen LogP contribution >= 0.6 is 0 Å². The summed E-state index contributed by atoms with van der Waals surface area (Å²) in [4.78, 5) is 15.0. The molecule has 4 rings (SSSR count). The third-order valence-electron chi connectivity index (χ3n) is 6.24. The highest BCUT2D eigenvalue weighted by atomic mass is 32.2. The molecule has 0 unspecified atom stereocenters. The topological polar surface area (TPSA) is 59.4 Å². The molecule has 0 bridgehead atoms. The lowest BCUT2D eigenvalue weighted by atomic mass is 10.1. The molecule has 1 aromatic heterocycles. The molecule has 0 aliphatic carbocycles. The van der Waals surface area contributed by atoms with E-state index in [1.807, 2.05) is 49.9 Å². The van der Waals surface area contributed by atoms with E-state index in [1.165, 1.54) is 24.4 Å². The van der Waals surface area contributed by atoms with Crippen LogP contribution in [0.25, 0.3) is 10.9 Å². The van der Waals surface area contributed by atoms with Crippen LogP contribution in [-0.2, 0) is 16.4 Å². The molecule has 5 nitrogen and oxygen atoms in total. The molecule has 0 spiro atoms. The molecule has 35 heavy (non-hydrogen) atoms. The van der Waals surface area contributed by atoms with Crippen molar-refractivity contribution in [3.63, 3.8) is 0 Å². The zero-order valence-electron chi connectivity index (χ0n) is 20.4. The summed E-state index contributed by atoms with van der Waals surface area (Å²) in [5.74, 6) is -0.550. The zero-order chi connectivity index (χ0) is 25.3. The van der Waals surface area contributed by atoms with Crippen LogP contribution in [0, 0.1) is 19.7 Å². The van der Waals surface area contributed by atoms with Crippen LogP contribution in [0.1, 0.15) is 30.5 Å². The summed E-state index contributed by atoms with van der Waals surface area (Å²) in [7, 11) is -4.12. The van der Waals surface area contributed by atoms with Crippen molar-refractivity contribution in [1.29, 1.82) is 0 Å². The van der Waals surface area contributed by atoms with Crippen LogP contribution in [-0.4, -0.2) is 26.1 Å². The standard InChI is InChI=1S/C28H29FN2O3S/c1-5-30(6-2)26-16-25-23(15-24(26)29)28(32)27(35(33,34)22-12-8-10-20(4)14-22)18-31(25)17-21-11-7-9-19(3)13-21/h7-16,18H,5-6,17H2,1-4H3. The van der Waals surface area contributed by atoms with Crippen molar-refractivity contribution in [2.24, 2.45) is 0 Å². The van der Waals surface area contributed by atoms with Gasteiger partial charge in [0.2, 0.25) is 15.3 Å². The number of fused-ring (bicyclic) bond motifs is 1. The number of anilines is 1. The minimum absolute atomic E-state index is 0.0382. The predicted octanol–water partition coefficient (Wildman–Crippen LogP) is 5.48. The molecule has 0 aliphatic heterocycles. The second kappa shape index (κ2) is 9.66. The number of pyridine rings is 1. The highest BCUT2D eigenvalue weighted by Crippen LogP contribution is 2.28. The lowest BCUT2D eigenvalue weighted by Crippen LogP contribution is -2.24. The smallest absolute Gasteiger partial charge is 0.211 e. The maximum Gasteiger partial charge on any atom is 0.211 e. The number of sulfone groups is 1. The van der Waals surface area contributed by atoms with E-state index in [9.17, 15) is 13.2 Å². The molecule has 4 aromatic rings. The molecule has 7 heteroatoms. The molecule has 182 valence electrons. The minimum atomic E-state index is -4.12. The van der Waals surface area contributed by atoms with Crippen molar-refractivity contribution in [2.75, 3.05) is 18.0 Å². The number of rotatable bonds is 7. The summed E-state index contributed by atoms with van der Waals surface area (Å²) in [5, 5.41) is 0.0415. The van der Waals surface area contributed by atoms with Crippen molar-refractivity contribution >= 4 is 26.4 Å². The molecular formula is C28H29FN2O3S. The van der Waals surface area contributed by atoms with Crippen LogP contribution in [0.5, 0.6) is 0 Å². The van der Waals surface area contributed by atoms with Gasteiger partial charge in [-0.3, -0.25) is 4.79 Å². The highest BCUT2D eigenvalue weighted by Gasteiger charge is 2.25. The lowest BCUT2D eigenvalue weighted by Gasteiger charge is -2.23. The molecule has 0 atom stereocenters. The third-order valence-corrected chi connectivity index (χ3v) is 7.99. The average molecular weight is 493 g/mol. The van der Waals surface area contributed by atoms with Crippen molar-refractivity contribution < 1.29 is 12.8 Å². The van der Waals surface area contributed by atoms with Crippen LogP contribution in [0.3, 0.4) is 0 Å². The van der Waals surface area contributed by atoms with E-state index < -0.39 is 21.1 Å². The summed E-state index contributed by atoms with van der Waals surface area (Å²) in [6.07, 6.45) is 1.40. The minimum Gasteiger partial charge on any atom is -0.370 e. The molecule has 0 saturated carbocycles. The van der Waals surface area contributed by atoms with E-state index in [2.05, 4.69) is 0 Å². The van der Waals surface area contributed by atoms with E-state index in [1.54, 1.807) is 29.7 Å². The number of nitrogens with zero attached hydrogens (tertiary/aromatic N) is 2. The maximum atomic E-state index is 15.2. The molecule has 0 aliphatic rings. The SMILES string of the molecule is CCN(CC)c1cc2c(cc1F)c(=O)c(S(=O)(=O)c1cccc(C)c1)cn2Cc1cccc(C)c1. The maximum absolute atomic E-state index is 15.2. The molecule has 3 aromatic carbocycles. The Labute approximate surface area is 205 Å². The number of aryl methyl sites for hydroxylation is 2. The van der Waals surface area contributed by atoms with E-state index in [-0.39, 0.29) is 15.2 Å². The first-order valence-electron chi connectivity index (χ1n) is 11.6. The van der Waals surface area contributed by atoms with Gasteiger partial charge in [-0.2, -0.15) is 0 Å². The third kappa shape index (κ3) is 4.73. The summed E-state index contributed by atoms with van der Waals surface area (Å²) >= 11 is 0. The largest absolute Gasteiger partial charge is 0.370 e. The average Bonchev–Trinajstić information content (AvgIpc) is 2.82. The second-order valence-corrected chi connectivity index (χ2v) is 10.7. The lowest BCUT2D eigenvalue weighted by molar-refractivity contribution is 0.593. The Hall–Kier alpha value is -3.45. The molecule has 0 saturated heterocycles. The van der Waals surface area contributed by atoms with Crippen LogP contribution in [0.4, 0.5) is 10.1 Å². The van der Waals surface area contributed by atoms with Crippen molar-refractivity contribution in [1.82, 2.24) is 4.57 Å². The molecular weight excluding hydrogens is 463 g/mol. The van der Waals surface area contributed by atoms with Crippen molar-refractivity contribution in [3.05, 3.63) is 99.6 Å². The molecule has 0 fully saturated rings. The Morgan fingerprint density at radius 1 is 0.914 bits per heavy atom. The van der Waals surface area contributed by atoms with E-state index in [0.717, 1.165) is 16.7 Å². The Bertz CT molecular complexity index is 1570. The van der Waals surface area contributed by atoms with Gasteiger partial charge in [-0.05, 0) is 63.1 Å². The number of hydrogen-bond acceptors (Lipinski definition) is 4. The van der Waals surface area contributed by atoms with Gasteiger partial charge in [0.05, 0.1) is 21.5 Å². The Morgan fingerprint density at radius 3 is 2.20 bits per heavy atom. The fraction of sp³-hybridized carbons (Fsp3) is 0.250. The second-order valence-electron chi connectivity index (χ2n) is 8.75. The zero-order valence-corrected chi connectivity index (χ0v) is 21.2. The van der Waals surface area contributed by atoms with E-state index in [4.69, 9.17) is 0 Å². The summed E-state index contributed by atoms with van der Waals surface area (Å²) < 4.78 is 44.0. The van der Waals surface area contributed by atoms with Gasteiger partial charge in [-0.1, -0.05) is 42.0 Å². The summed E-state index contributed by atoms with van der Waals surface area (Å²) in [5.41, 5.74) is 2.95. The summed E-state index contributed by atoms with van der Waals surface area (Å²) in [6.45, 7) is 9.17. The number of benzene rings is 3. The monoisotopic (exact) mass is 492 g/mol. The first kappa shape index (κ1) is 24.7. The van der Waals surface area contributed by atoms with Crippen LogP contribution in [0.2, 0.25) is 0 Å². The quantitative estimate of drug-likeness (QED) is 0.343. The number of hydrogen-bond donors (Lipinski definition) is 0. The Morgan fingerprint density at radius 2 is 1.57 bits per heavy atom. The van der Waals surface area contributed by atoms with Crippen LogP contribution < -0.4 is 10.3 Å². The van der Waals surface area contributed by atoms with E-state index >= 15 is 4.39 Å². The Kier molecular flexibility index (Phi) is 6.81. The van der Waals surface area contributed by atoms with Crippen molar-refractivity contribution in [3.8, 4) is 0 Å². The molecule has 0 N–H and O–H groups in total. The first-order valence-corrected chi connectivity index (χ1v) is 13.1. The van der Waals surface area contributed by atoms with Gasteiger partial charge in [0.1, 0.15) is 10.7 Å². The first-order chi connectivity index (χ1) is 16.6. The normalized spacial score (nSPS) is 11.7.